The molecule has 0 saturated carbocycles. The maximum atomic E-state index is 12.4. The van der Waals surface area contributed by atoms with Gasteiger partial charge in [-0.3, -0.25) is 4.79 Å². The van der Waals surface area contributed by atoms with Crippen molar-refractivity contribution in [3.8, 4) is 28.8 Å². The van der Waals surface area contributed by atoms with Crippen LogP contribution < -0.4 is 20.9 Å². The number of aromatic hydroxyl groups is 1. The van der Waals surface area contributed by atoms with Crippen molar-refractivity contribution in [2.75, 3.05) is 35.2 Å². The van der Waals surface area contributed by atoms with Crippen molar-refractivity contribution in [2.24, 2.45) is 0 Å². The maximum Gasteiger partial charge on any atom is 0.272 e. The highest BCUT2D eigenvalue weighted by atomic mass is 16.3. The molecule has 1 aromatic carbocycles. The molecule has 0 radical (unpaired) electrons. The van der Waals surface area contributed by atoms with Gasteiger partial charge in [0.1, 0.15) is 11.6 Å². The minimum Gasteiger partial charge on any atom is -0.507 e. The molecule has 0 aliphatic carbocycles. The molecule has 3 aliphatic heterocycles. The number of hydrogen-bond acceptors (Lipinski definition) is 11. The van der Waals surface area contributed by atoms with Gasteiger partial charge >= 0.3 is 0 Å². The number of piperazine rings is 1. The first-order valence-corrected chi connectivity index (χ1v) is 13.4. The van der Waals surface area contributed by atoms with E-state index >= 15 is 0 Å². The Bertz CT molecular complexity index is 1830. The number of fused-ring (bicyclic) bond motifs is 3. The van der Waals surface area contributed by atoms with Gasteiger partial charge in [-0.15, -0.1) is 10.2 Å². The number of para-hydroxylation sites is 1. The lowest BCUT2D eigenvalue weighted by Crippen LogP contribution is -2.69. The fourth-order valence-electron chi connectivity index (χ4n) is 5.47. The topological polar surface area (TPSA) is 164 Å². The van der Waals surface area contributed by atoms with Crippen LogP contribution in [0.1, 0.15) is 22.7 Å². The summed E-state index contributed by atoms with van der Waals surface area (Å²) in [5, 5.41) is 25.6. The molecule has 208 valence electrons. The van der Waals surface area contributed by atoms with Crippen LogP contribution in [0.2, 0.25) is 0 Å². The van der Waals surface area contributed by atoms with Crippen molar-refractivity contribution in [3.63, 3.8) is 0 Å². The fourth-order valence-corrected chi connectivity index (χ4v) is 5.47. The average molecular weight is 560 g/mol. The van der Waals surface area contributed by atoms with Gasteiger partial charge in [0.15, 0.2) is 17.2 Å². The maximum absolute atomic E-state index is 12.4. The number of hydrogen-bond donors (Lipinski definition) is 3. The number of piperidine rings is 1. The van der Waals surface area contributed by atoms with Crippen LogP contribution in [-0.2, 0) is 0 Å². The number of amides is 1. The van der Waals surface area contributed by atoms with Crippen LogP contribution in [0.4, 0.5) is 17.3 Å². The van der Waals surface area contributed by atoms with Crippen LogP contribution in [0.25, 0.3) is 16.9 Å². The Morgan fingerprint density at radius 1 is 1.07 bits per heavy atom. The van der Waals surface area contributed by atoms with E-state index in [0.29, 0.717) is 28.5 Å². The lowest BCUT2D eigenvalue weighted by Gasteiger charge is -2.57. The highest BCUT2D eigenvalue weighted by Gasteiger charge is 2.46. The minimum atomic E-state index is -0.334. The standard InChI is InChI=1S/C29H25N11O2/c30-28-23(14-21(35-36-28)20-5-1-2-6-24(20)41)40-18-13-19(40)17-38(16-18)26-8-11-31-25(34-26)7-3-9-33-29(42)22-15-27-32-10-4-12-39(27)37-22/h1-2,4-6,8,10-12,14-15,18-19,41H,9,13,16-17H2,(H2,30,36)(H,33,42)/t18-,19+. The van der Waals surface area contributed by atoms with Crippen molar-refractivity contribution in [1.82, 2.24) is 40.1 Å². The van der Waals surface area contributed by atoms with Crippen molar-refractivity contribution in [3.05, 3.63) is 78.6 Å². The predicted molar refractivity (Wildman–Crippen MR) is 155 cm³/mol. The summed E-state index contributed by atoms with van der Waals surface area (Å²) in [6.07, 6.45) is 6.09. The zero-order chi connectivity index (χ0) is 28.6. The van der Waals surface area contributed by atoms with Gasteiger partial charge in [0.2, 0.25) is 5.82 Å². The highest BCUT2D eigenvalue weighted by Crippen LogP contribution is 2.41. The van der Waals surface area contributed by atoms with Crippen LogP contribution in [0.15, 0.2) is 67.1 Å². The number of aromatic nitrogens is 7. The monoisotopic (exact) mass is 559 g/mol. The highest BCUT2D eigenvalue weighted by molar-refractivity contribution is 5.93. The van der Waals surface area contributed by atoms with Gasteiger partial charge < -0.3 is 26.0 Å². The lowest BCUT2D eigenvalue weighted by molar-refractivity contribution is 0.0953. The van der Waals surface area contributed by atoms with Crippen molar-refractivity contribution >= 4 is 28.9 Å². The Morgan fingerprint density at radius 2 is 1.93 bits per heavy atom. The molecule has 5 aromatic rings. The molecule has 3 saturated heterocycles. The molecule has 0 spiro atoms. The van der Waals surface area contributed by atoms with Crippen molar-refractivity contribution < 1.29 is 9.90 Å². The van der Waals surface area contributed by atoms with E-state index in [0.717, 1.165) is 31.0 Å². The van der Waals surface area contributed by atoms with Gasteiger partial charge in [-0.25, -0.2) is 19.5 Å². The van der Waals surface area contributed by atoms with Crippen LogP contribution >= 0.6 is 0 Å². The Labute approximate surface area is 240 Å². The number of carbonyl (C=O) groups excluding carboxylic acids is 1. The number of nitrogens with zero attached hydrogens (tertiary/aromatic N) is 9. The molecule has 42 heavy (non-hydrogen) atoms. The van der Waals surface area contributed by atoms with E-state index in [1.54, 1.807) is 53.4 Å². The Balaban J connectivity index is 1.00. The summed E-state index contributed by atoms with van der Waals surface area (Å²) in [7, 11) is 0. The summed E-state index contributed by atoms with van der Waals surface area (Å²) in [6, 6.07) is 14.6. The van der Waals surface area contributed by atoms with Crippen LogP contribution in [0.5, 0.6) is 5.75 Å². The van der Waals surface area contributed by atoms with E-state index in [1.807, 2.05) is 18.2 Å². The first-order valence-electron chi connectivity index (χ1n) is 13.4. The Kier molecular flexibility index (Phi) is 6.20. The Morgan fingerprint density at radius 3 is 2.76 bits per heavy atom. The number of nitrogens with two attached hydrogens (primary N) is 1. The van der Waals surface area contributed by atoms with E-state index < -0.39 is 0 Å². The smallest absolute Gasteiger partial charge is 0.272 e. The number of nitrogen functional groups attached to an aromatic ring is 1. The second-order valence-corrected chi connectivity index (χ2v) is 10.0. The zero-order valence-electron chi connectivity index (χ0n) is 22.3. The average Bonchev–Trinajstić information content (AvgIpc) is 3.46. The number of phenols is 1. The van der Waals surface area contributed by atoms with E-state index in [2.05, 4.69) is 57.2 Å². The molecule has 8 rings (SSSR count). The van der Waals surface area contributed by atoms with Gasteiger partial charge in [0, 0.05) is 55.4 Å². The van der Waals surface area contributed by atoms with Crippen molar-refractivity contribution in [1.29, 1.82) is 0 Å². The molecule has 7 heterocycles. The predicted octanol–water partition coefficient (Wildman–Crippen LogP) is 1.51. The molecule has 13 heteroatoms. The van der Waals surface area contributed by atoms with E-state index in [9.17, 15) is 9.90 Å². The summed E-state index contributed by atoms with van der Waals surface area (Å²) in [5.41, 5.74) is 9.12. The van der Waals surface area contributed by atoms with E-state index in [4.69, 9.17) is 5.73 Å². The van der Waals surface area contributed by atoms with Gasteiger partial charge in [0.05, 0.1) is 17.9 Å². The SMILES string of the molecule is Nc1nnc(-c2ccccc2O)cc1N1[C@@H]2C[C@H]1CN(c1ccnc(C#CCNC(=O)c3cc4ncccn4n3)n1)C2. The van der Waals surface area contributed by atoms with Crippen LogP contribution in [0.3, 0.4) is 0 Å². The zero-order valence-corrected chi connectivity index (χ0v) is 22.3. The first-order chi connectivity index (χ1) is 20.5. The largest absolute Gasteiger partial charge is 0.507 e. The Hall–Kier alpha value is -5.77. The van der Waals surface area contributed by atoms with Crippen LogP contribution in [0, 0.1) is 11.8 Å². The van der Waals surface area contributed by atoms with Crippen LogP contribution in [-0.4, -0.2) is 77.5 Å². The van der Waals surface area contributed by atoms with E-state index in [1.165, 1.54) is 0 Å². The number of nitrogens with one attached hydrogen (secondary N) is 1. The number of rotatable bonds is 5. The first kappa shape index (κ1) is 25.2. The van der Waals surface area contributed by atoms with E-state index in [-0.39, 0.29) is 36.0 Å². The third-order valence-electron chi connectivity index (χ3n) is 7.42. The molecule has 4 N–H and O–H groups in total. The summed E-state index contributed by atoms with van der Waals surface area (Å²) in [6.45, 7) is 1.62. The summed E-state index contributed by atoms with van der Waals surface area (Å²) >= 11 is 0. The number of carbonyl (C=O) groups is 1. The summed E-state index contributed by atoms with van der Waals surface area (Å²) < 4.78 is 1.54. The van der Waals surface area contributed by atoms with Gasteiger partial charge in [-0.2, -0.15) is 5.10 Å². The normalized spacial score (nSPS) is 17.3. The molecule has 2 atom stereocenters. The number of anilines is 3. The number of benzene rings is 1. The quantitative estimate of drug-likeness (QED) is 0.268. The molecular formula is C29H25N11O2. The molecule has 1 amide bonds. The minimum absolute atomic E-state index is 0.126. The second-order valence-electron chi connectivity index (χ2n) is 10.0. The van der Waals surface area contributed by atoms with Gasteiger partial charge in [-0.1, -0.05) is 18.1 Å². The molecule has 2 bridgehead atoms. The molecule has 13 nitrogen and oxygen atoms in total. The third kappa shape index (κ3) is 4.64. The number of phenolic OH excluding ortho intramolecular Hbond substituents is 1. The van der Waals surface area contributed by atoms with Gasteiger partial charge in [-0.05, 0) is 42.7 Å². The summed E-state index contributed by atoms with van der Waals surface area (Å²) in [5.74, 6) is 7.19. The molecule has 3 fully saturated rings. The lowest BCUT2D eigenvalue weighted by atomic mass is 9.86. The van der Waals surface area contributed by atoms with Crippen molar-refractivity contribution in [2.45, 2.75) is 18.5 Å². The summed E-state index contributed by atoms with van der Waals surface area (Å²) in [4.78, 5) is 30.0. The molecular weight excluding hydrogens is 534 g/mol. The second kappa shape index (κ2) is 10.3. The molecule has 3 aliphatic rings. The third-order valence-corrected chi connectivity index (χ3v) is 7.42. The molecule has 0 unspecified atom stereocenters. The fraction of sp³-hybridized carbons (Fsp3) is 0.207. The molecule has 4 aromatic heterocycles. The van der Waals surface area contributed by atoms with Gasteiger partial charge in [0.25, 0.3) is 5.91 Å².